The van der Waals surface area contributed by atoms with Gasteiger partial charge in [-0.2, -0.15) is 10.1 Å². The normalized spacial score (nSPS) is 10.9. The number of rotatable bonds is 2. The molecule has 0 saturated carbocycles. The van der Waals surface area contributed by atoms with Crippen LogP contribution in [0.5, 0.6) is 0 Å². The van der Waals surface area contributed by atoms with Crippen LogP contribution in [0.1, 0.15) is 5.56 Å². The molecule has 0 bridgehead atoms. The number of nitrogens with zero attached hydrogens (tertiary/aromatic N) is 4. The number of benzene rings is 1. The van der Waals surface area contributed by atoms with Gasteiger partial charge in [-0.15, -0.1) is 0 Å². The number of aromatic nitrogens is 4. The average Bonchev–Trinajstić information content (AvgIpc) is 2.69. The first-order chi connectivity index (χ1) is 9.15. The maximum Gasteiger partial charge on any atom is 0.224 e. The number of fused-ring (bicyclic) bond motifs is 1. The summed E-state index contributed by atoms with van der Waals surface area (Å²) in [4.78, 5) is 8.18. The minimum absolute atomic E-state index is 0.220. The van der Waals surface area contributed by atoms with Crippen molar-refractivity contribution < 1.29 is 0 Å². The molecule has 1 N–H and O–H groups in total. The maximum absolute atomic E-state index is 5.80. The number of aryl methyl sites for hydroxylation is 2. The Hall–Kier alpha value is -2.14. The zero-order valence-corrected chi connectivity index (χ0v) is 11.3. The number of halogens is 1. The van der Waals surface area contributed by atoms with Crippen molar-refractivity contribution in [2.24, 2.45) is 7.05 Å². The number of hydrogen-bond donors (Lipinski definition) is 1. The number of para-hydroxylation sites is 1. The summed E-state index contributed by atoms with van der Waals surface area (Å²) < 4.78 is 1.68. The Bertz CT molecular complexity index is 750. The Morgan fingerprint density at radius 3 is 2.84 bits per heavy atom. The molecular weight excluding hydrogens is 262 g/mol. The van der Waals surface area contributed by atoms with E-state index in [0.29, 0.717) is 5.65 Å². The molecule has 0 aliphatic heterocycles. The third-order valence-electron chi connectivity index (χ3n) is 2.95. The predicted molar refractivity (Wildman–Crippen MR) is 75.8 cm³/mol. The fourth-order valence-electron chi connectivity index (χ4n) is 1.95. The van der Waals surface area contributed by atoms with E-state index in [2.05, 4.69) is 20.4 Å². The van der Waals surface area contributed by atoms with Crippen molar-refractivity contribution in [3.63, 3.8) is 0 Å². The van der Waals surface area contributed by atoms with Gasteiger partial charge in [-0.05, 0) is 30.2 Å². The van der Waals surface area contributed by atoms with Gasteiger partial charge >= 0.3 is 0 Å². The molecule has 0 saturated heterocycles. The Morgan fingerprint density at radius 2 is 2.05 bits per heavy atom. The van der Waals surface area contributed by atoms with Crippen LogP contribution in [0.2, 0.25) is 5.28 Å². The highest BCUT2D eigenvalue weighted by Gasteiger charge is 2.11. The smallest absolute Gasteiger partial charge is 0.224 e. The fourth-order valence-corrected chi connectivity index (χ4v) is 2.08. The van der Waals surface area contributed by atoms with Crippen molar-refractivity contribution in [3.05, 3.63) is 41.3 Å². The molecule has 0 aliphatic rings. The second-order valence-electron chi connectivity index (χ2n) is 4.29. The molecule has 0 aliphatic carbocycles. The maximum atomic E-state index is 5.80. The van der Waals surface area contributed by atoms with Crippen LogP contribution in [-0.4, -0.2) is 19.7 Å². The summed E-state index contributed by atoms with van der Waals surface area (Å²) in [5.41, 5.74) is 2.87. The summed E-state index contributed by atoms with van der Waals surface area (Å²) >= 11 is 5.80. The standard InChI is InChI=1S/C13H12ClN5/c1-8-5-3-4-6-10(8)16-11-9-7-15-13(14)17-12(9)19(2)18-11/h3-7H,1-2H3,(H,16,18). The zero-order chi connectivity index (χ0) is 13.4. The largest absolute Gasteiger partial charge is 0.338 e. The van der Waals surface area contributed by atoms with E-state index in [1.807, 2.05) is 38.2 Å². The molecule has 2 aromatic heterocycles. The van der Waals surface area contributed by atoms with E-state index in [9.17, 15) is 0 Å². The Labute approximate surface area is 115 Å². The number of hydrogen-bond acceptors (Lipinski definition) is 4. The lowest BCUT2D eigenvalue weighted by Crippen LogP contribution is -1.95. The molecule has 96 valence electrons. The van der Waals surface area contributed by atoms with Crippen molar-refractivity contribution in [2.45, 2.75) is 6.92 Å². The summed E-state index contributed by atoms with van der Waals surface area (Å²) in [5.74, 6) is 0.725. The summed E-state index contributed by atoms with van der Waals surface area (Å²) in [5, 5.41) is 8.78. The van der Waals surface area contributed by atoms with E-state index in [1.165, 1.54) is 0 Å². The van der Waals surface area contributed by atoms with Crippen LogP contribution in [0.3, 0.4) is 0 Å². The second-order valence-corrected chi connectivity index (χ2v) is 4.63. The van der Waals surface area contributed by atoms with Gasteiger partial charge in [0.05, 0.1) is 5.39 Å². The zero-order valence-electron chi connectivity index (χ0n) is 10.6. The molecule has 19 heavy (non-hydrogen) atoms. The van der Waals surface area contributed by atoms with Crippen molar-refractivity contribution in [3.8, 4) is 0 Å². The molecule has 0 unspecified atom stereocenters. The van der Waals surface area contributed by atoms with E-state index in [0.717, 1.165) is 22.5 Å². The highest BCUT2D eigenvalue weighted by molar-refractivity contribution is 6.28. The van der Waals surface area contributed by atoms with Crippen LogP contribution < -0.4 is 5.32 Å². The van der Waals surface area contributed by atoms with E-state index < -0.39 is 0 Å². The van der Waals surface area contributed by atoms with Gasteiger partial charge in [0.25, 0.3) is 0 Å². The van der Waals surface area contributed by atoms with Gasteiger partial charge in [-0.3, -0.25) is 0 Å². The van der Waals surface area contributed by atoms with Gasteiger partial charge in [0.1, 0.15) is 0 Å². The van der Waals surface area contributed by atoms with Gasteiger partial charge in [-0.1, -0.05) is 18.2 Å². The van der Waals surface area contributed by atoms with E-state index in [-0.39, 0.29) is 5.28 Å². The Morgan fingerprint density at radius 1 is 1.26 bits per heavy atom. The number of nitrogens with one attached hydrogen (secondary N) is 1. The minimum Gasteiger partial charge on any atom is -0.338 e. The highest BCUT2D eigenvalue weighted by atomic mass is 35.5. The summed E-state index contributed by atoms with van der Waals surface area (Å²) in [6.07, 6.45) is 1.68. The van der Waals surface area contributed by atoms with Crippen molar-refractivity contribution >= 4 is 34.1 Å². The van der Waals surface area contributed by atoms with Gasteiger partial charge in [0.2, 0.25) is 5.28 Å². The lowest BCUT2D eigenvalue weighted by atomic mass is 10.2. The lowest BCUT2D eigenvalue weighted by molar-refractivity contribution is 0.789. The molecule has 3 rings (SSSR count). The third-order valence-corrected chi connectivity index (χ3v) is 3.13. The first-order valence-corrected chi connectivity index (χ1v) is 6.21. The first kappa shape index (κ1) is 11.9. The third kappa shape index (κ3) is 2.13. The molecule has 0 radical (unpaired) electrons. The topological polar surface area (TPSA) is 55.6 Å². The Kier molecular flexibility index (Phi) is 2.83. The van der Waals surface area contributed by atoms with Crippen LogP contribution >= 0.6 is 11.6 Å². The van der Waals surface area contributed by atoms with Gasteiger partial charge in [-0.25, -0.2) is 9.67 Å². The molecule has 1 aromatic carbocycles. The molecule has 0 atom stereocenters. The first-order valence-electron chi connectivity index (χ1n) is 5.83. The monoisotopic (exact) mass is 273 g/mol. The van der Waals surface area contributed by atoms with E-state index >= 15 is 0 Å². The van der Waals surface area contributed by atoms with E-state index in [4.69, 9.17) is 11.6 Å². The van der Waals surface area contributed by atoms with Crippen molar-refractivity contribution in [1.82, 2.24) is 19.7 Å². The van der Waals surface area contributed by atoms with Crippen molar-refractivity contribution in [1.29, 1.82) is 0 Å². The molecule has 3 aromatic rings. The summed E-state index contributed by atoms with van der Waals surface area (Å²) in [6.45, 7) is 2.04. The molecule has 2 heterocycles. The Balaban J connectivity index is 2.09. The quantitative estimate of drug-likeness (QED) is 0.729. The lowest BCUT2D eigenvalue weighted by Gasteiger charge is -2.06. The SMILES string of the molecule is Cc1ccccc1Nc1nn(C)c2nc(Cl)ncc12. The van der Waals surface area contributed by atoms with Crippen LogP contribution in [0.25, 0.3) is 11.0 Å². The molecule has 5 nitrogen and oxygen atoms in total. The highest BCUT2D eigenvalue weighted by Crippen LogP contribution is 2.25. The number of anilines is 2. The van der Waals surface area contributed by atoms with Crippen LogP contribution in [0.4, 0.5) is 11.5 Å². The van der Waals surface area contributed by atoms with Gasteiger partial charge in [0.15, 0.2) is 11.5 Å². The van der Waals surface area contributed by atoms with Crippen LogP contribution in [0.15, 0.2) is 30.5 Å². The van der Waals surface area contributed by atoms with Crippen LogP contribution in [0, 0.1) is 6.92 Å². The molecule has 0 fully saturated rings. The molecule has 6 heteroatoms. The van der Waals surface area contributed by atoms with Crippen LogP contribution in [-0.2, 0) is 7.05 Å². The minimum atomic E-state index is 0.220. The molecular formula is C13H12ClN5. The summed E-state index contributed by atoms with van der Waals surface area (Å²) in [7, 11) is 1.83. The summed E-state index contributed by atoms with van der Waals surface area (Å²) in [6, 6.07) is 8.03. The predicted octanol–water partition coefficient (Wildman–Crippen LogP) is 3.07. The second kappa shape index (κ2) is 4.51. The van der Waals surface area contributed by atoms with Crippen molar-refractivity contribution in [2.75, 3.05) is 5.32 Å². The molecule has 0 spiro atoms. The van der Waals surface area contributed by atoms with E-state index in [1.54, 1.807) is 10.9 Å². The van der Waals surface area contributed by atoms with Gasteiger partial charge < -0.3 is 5.32 Å². The molecule has 0 amide bonds. The fraction of sp³-hybridized carbons (Fsp3) is 0.154. The van der Waals surface area contributed by atoms with Gasteiger partial charge in [0, 0.05) is 18.9 Å². The average molecular weight is 274 g/mol.